The van der Waals surface area contributed by atoms with E-state index in [1.165, 1.54) is 0 Å². The van der Waals surface area contributed by atoms with E-state index in [9.17, 15) is 4.79 Å². The maximum atomic E-state index is 12.3. The van der Waals surface area contributed by atoms with Crippen LogP contribution < -0.4 is 5.32 Å². The molecule has 3 rings (SSSR count). The smallest absolute Gasteiger partial charge is 0.255 e. The summed E-state index contributed by atoms with van der Waals surface area (Å²) < 4.78 is 0.761. The first-order valence-corrected chi connectivity index (χ1v) is 7.41. The highest BCUT2D eigenvalue weighted by Gasteiger charge is 2.10. The quantitative estimate of drug-likeness (QED) is 0.705. The molecule has 5 heteroatoms. The van der Waals surface area contributed by atoms with Gasteiger partial charge in [0.1, 0.15) is 0 Å². The Bertz CT molecular complexity index is 830. The van der Waals surface area contributed by atoms with Gasteiger partial charge in [-0.3, -0.25) is 9.78 Å². The van der Waals surface area contributed by atoms with Gasteiger partial charge in [0, 0.05) is 38.9 Å². The van der Waals surface area contributed by atoms with Gasteiger partial charge in [0.2, 0.25) is 0 Å². The second-order valence-electron chi connectivity index (χ2n) is 4.49. The third-order valence-electron chi connectivity index (χ3n) is 3.11. The van der Waals surface area contributed by atoms with Crippen molar-refractivity contribution in [3.05, 3.63) is 69.9 Å². The van der Waals surface area contributed by atoms with Crippen molar-refractivity contribution in [3.8, 4) is 0 Å². The summed E-state index contributed by atoms with van der Waals surface area (Å²) in [6, 6.07) is 12.7. The number of nitrogens with one attached hydrogen (secondary N) is 1. The number of carbonyl (C=O) groups excluding carboxylic acids is 1. The summed E-state index contributed by atoms with van der Waals surface area (Å²) in [5.41, 5.74) is 1.26. The number of halogens is 2. The molecule has 2 aromatic carbocycles. The van der Waals surface area contributed by atoms with E-state index in [2.05, 4.69) is 26.2 Å². The van der Waals surface area contributed by atoms with Gasteiger partial charge in [-0.15, -0.1) is 0 Å². The van der Waals surface area contributed by atoms with Crippen LogP contribution in [0.25, 0.3) is 10.8 Å². The van der Waals surface area contributed by atoms with Crippen molar-refractivity contribution in [2.24, 2.45) is 0 Å². The molecule has 0 fully saturated rings. The molecule has 0 atom stereocenters. The number of aromatic nitrogens is 1. The number of carbonyl (C=O) groups is 1. The van der Waals surface area contributed by atoms with Crippen molar-refractivity contribution in [2.45, 2.75) is 0 Å². The van der Waals surface area contributed by atoms with Crippen LogP contribution in [0.3, 0.4) is 0 Å². The fourth-order valence-corrected chi connectivity index (χ4v) is 2.49. The number of hydrogen-bond acceptors (Lipinski definition) is 2. The number of nitrogens with zero attached hydrogens (tertiary/aromatic N) is 1. The van der Waals surface area contributed by atoms with E-state index < -0.39 is 0 Å². The predicted molar refractivity (Wildman–Crippen MR) is 88.8 cm³/mol. The first-order chi connectivity index (χ1) is 10.1. The molecule has 104 valence electrons. The average Bonchev–Trinajstić information content (AvgIpc) is 2.50. The lowest BCUT2D eigenvalue weighted by Gasteiger charge is -2.09. The van der Waals surface area contributed by atoms with Crippen LogP contribution in [-0.2, 0) is 0 Å². The van der Waals surface area contributed by atoms with Gasteiger partial charge in [-0.25, -0.2) is 0 Å². The second-order valence-corrected chi connectivity index (χ2v) is 5.75. The Morgan fingerprint density at radius 2 is 2.05 bits per heavy atom. The molecule has 0 aliphatic heterocycles. The molecular formula is C16H10BrClN2O. The maximum absolute atomic E-state index is 12.3. The molecule has 0 bridgehead atoms. The van der Waals surface area contributed by atoms with Gasteiger partial charge in [0.25, 0.3) is 5.91 Å². The van der Waals surface area contributed by atoms with E-state index in [-0.39, 0.29) is 5.91 Å². The maximum Gasteiger partial charge on any atom is 0.255 e. The van der Waals surface area contributed by atoms with Crippen molar-refractivity contribution in [2.75, 3.05) is 5.32 Å². The van der Waals surface area contributed by atoms with E-state index >= 15 is 0 Å². The highest BCUT2D eigenvalue weighted by molar-refractivity contribution is 9.10. The van der Waals surface area contributed by atoms with Crippen LogP contribution in [0, 0.1) is 0 Å². The summed E-state index contributed by atoms with van der Waals surface area (Å²) in [6.07, 6.45) is 3.47. The number of hydrogen-bond donors (Lipinski definition) is 1. The van der Waals surface area contributed by atoms with E-state index in [0.29, 0.717) is 10.6 Å². The van der Waals surface area contributed by atoms with Gasteiger partial charge in [-0.05, 0) is 46.3 Å². The molecular weight excluding hydrogens is 352 g/mol. The molecule has 1 amide bonds. The molecule has 0 saturated heterocycles. The van der Waals surface area contributed by atoms with Crippen molar-refractivity contribution in [3.63, 3.8) is 0 Å². The van der Waals surface area contributed by atoms with Crippen LogP contribution >= 0.6 is 27.5 Å². The standard InChI is InChI=1S/C16H10BrClN2O/c17-13-5-4-10(8-14(13)18)16(21)20-15-3-1-2-11-9-19-7-6-12(11)15/h1-9H,(H,20,21). The number of benzene rings is 2. The average molecular weight is 362 g/mol. The molecule has 1 N–H and O–H groups in total. The van der Waals surface area contributed by atoms with Crippen molar-refractivity contribution < 1.29 is 4.79 Å². The van der Waals surface area contributed by atoms with Crippen LogP contribution in [0.2, 0.25) is 5.02 Å². The van der Waals surface area contributed by atoms with Gasteiger partial charge < -0.3 is 5.32 Å². The normalized spacial score (nSPS) is 10.6. The largest absolute Gasteiger partial charge is 0.321 e. The zero-order chi connectivity index (χ0) is 14.8. The van der Waals surface area contributed by atoms with Gasteiger partial charge in [-0.1, -0.05) is 23.7 Å². The van der Waals surface area contributed by atoms with Crippen molar-refractivity contribution in [1.82, 2.24) is 4.98 Å². The summed E-state index contributed by atoms with van der Waals surface area (Å²) in [6.45, 7) is 0. The minimum Gasteiger partial charge on any atom is -0.321 e. The fraction of sp³-hybridized carbons (Fsp3) is 0. The van der Waals surface area contributed by atoms with E-state index in [0.717, 1.165) is 20.9 Å². The third-order valence-corrected chi connectivity index (χ3v) is 4.34. The van der Waals surface area contributed by atoms with Crippen molar-refractivity contribution in [1.29, 1.82) is 0 Å². The van der Waals surface area contributed by atoms with Gasteiger partial charge >= 0.3 is 0 Å². The summed E-state index contributed by atoms with van der Waals surface area (Å²) in [4.78, 5) is 16.4. The number of amides is 1. The topological polar surface area (TPSA) is 42.0 Å². The Morgan fingerprint density at radius 1 is 1.19 bits per heavy atom. The highest BCUT2D eigenvalue weighted by Crippen LogP contribution is 2.25. The molecule has 1 aromatic heterocycles. The highest BCUT2D eigenvalue weighted by atomic mass is 79.9. The Kier molecular flexibility index (Phi) is 3.90. The minimum absolute atomic E-state index is 0.200. The van der Waals surface area contributed by atoms with Gasteiger partial charge in [0.15, 0.2) is 0 Å². The third kappa shape index (κ3) is 2.91. The molecule has 3 nitrogen and oxygen atoms in total. The Hall–Kier alpha value is -1.91. The predicted octanol–water partition coefficient (Wildman–Crippen LogP) is 4.90. The Morgan fingerprint density at radius 3 is 2.86 bits per heavy atom. The molecule has 0 spiro atoms. The molecule has 21 heavy (non-hydrogen) atoms. The molecule has 0 radical (unpaired) electrons. The van der Waals surface area contributed by atoms with Crippen LogP contribution in [0.1, 0.15) is 10.4 Å². The summed E-state index contributed by atoms with van der Waals surface area (Å²) in [7, 11) is 0. The first-order valence-electron chi connectivity index (χ1n) is 6.24. The molecule has 1 heterocycles. The minimum atomic E-state index is -0.200. The zero-order valence-electron chi connectivity index (χ0n) is 10.8. The van der Waals surface area contributed by atoms with E-state index in [1.807, 2.05) is 24.3 Å². The molecule has 0 aliphatic carbocycles. The van der Waals surface area contributed by atoms with E-state index in [4.69, 9.17) is 11.6 Å². The second kappa shape index (κ2) is 5.84. The van der Waals surface area contributed by atoms with Crippen LogP contribution in [-0.4, -0.2) is 10.9 Å². The Labute approximate surface area is 135 Å². The summed E-state index contributed by atoms with van der Waals surface area (Å²) in [5, 5.41) is 5.34. The first kappa shape index (κ1) is 14.0. The number of fused-ring (bicyclic) bond motifs is 1. The monoisotopic (exact) mass is 360 g/mol. The SMILES string of the molecule is O=C(Nc1cccc2cnccc12)c1ccc(Br)c(Cl)c1. The zero-order valence-corrected chi connectivity index (χ0v) is 13.1. The van der Waals surface area contributed by atoms with E-state index in [1.54, 1.807) is 30.6 Å². The lowest BCUT2D eigenvalue weighted by molar-refractivity contribution is 0.102. The van der Waals surface area contributed by atoms with Gasteiger partial charge in [0.05, 0.1) is 5.02 Å². The lowest BCUT2D eigenvalue weighted by Crippen LogP contribution is -2.12. The number of anilines is 1. The molecule has 0 aliphatic rings. The number of rotatable bonds is 2. The van der Waals surface area contributed by atoms with Crippen LogP contribution in [0.4, 0.5) is 5.69 Å². The summed E-state index contributed by atoms with van der Waals surface area (Å²) in [5.74, 6) is -0.200. The number of pyridine rings is 1. The van der Waals surface area contributed by atoms with Crippen LogP contribution in [0.5, 0.6) is 0 Å². The van der Waals surface area contributed by atoms with Crippen LogP contribution in [0.15, 0.2) is 59.3 Å². The molecule has 0 saturated carbocycles. The van der Waals surface area contributed by atoms with Gasteiger partial charge in [-0.2, -0.15) is 0 Å². The molecule has 3 aromatic rings. The van der Waals surface area contributed by atoms with Crippen molar-refractivity contribution >= 4 is 49.9 Å². The summed E-state index contributed by atoms with van der Waals surface area (Å²) >= 11 is 9.33. The Balaban J connectivity index is 1.94. The lowest BCUT2D eigenvalue weighted by atomic mass is 10.1. The molecule has 0 unspecified atom stereocenters. The fourth-order valence-electron chi connectivity index (χ4n) is 2.06.